The minimum absolute atomic E-state index is 0.623. The smallest absolute Gasteiger partial charge is 0.184 e. The van der Waals surface area contributed by atoms with E-state index in [0.29, 0.717) is 12.2 Å². The van der Waals surface area contributed by atoms with Gasteiger partial charge in [0, 0.05) is 12.0 Å². The summed E-state index contributed by atoms with van der Waals surface area (Å²) in [6.07, 6.45) is 2.45. The number of benzene rings is 2. The summed E-state index contributed by atoms with van der Waals surface area (Å²) >= 11 is 0. The standard InChI is InChI=1S/C19H17N5O/c1-25-15-9-5-8-14(11-15)18-16(12-20-23-18)19-21-17(22-24-19)10-13-6-3-2-4-7-13/h2-9,11-12H,10H2,1H3,(H,20,23)(H,21,22,24). The van der Waals surface area contributed by atoms with Crippen molar-refractivity contribution in [3.63, 3.8) is 0 Å². The van der Waals surface area contributed by atoms with Crippen LogP contribution in [0.5, 0.6) is 5.75 Å². The van der Waals surface area contributed by atoms with Gasteiger partial charge < -0.3 is 4.74 Å². The van der Waals surface area contributed by atoms with Crippen molar-refractivity contribution in [2.75, 3.05) is 7.11 Å². The fraction of sp³-hybridized carbons (Fsp3) is 0.105. The summed E-state index contributed by atoms with van der Waals surface area (Å²) in [5.74, 6) is 2.23. The third-order valence-electron chi connectivity index (χ3n) is 3.98. The first-order chi connectivity index (χ1) is 12.3. The predicted molar refractivity (Wildman–Crippen MR) is 95.2 cm³/mol. The highest BCUT2D eigenvalue weighted by Crippen LogP contribution is 2.30. The molecule has 6 nitrogen and oxygen atoms in total. The molecule has 0 aliphatic rings. The molecule has 6 heteroatoms. The first kappa shape index (κ1) is 15.1. The Hall–Kier alpha value is -3.41. The van der Waals surface area contributed by atoms with Gasteiger partial charge in [0.1, 0.15) is 11.6 Å². The Morgan fingerprint density at radius 3 is 2.72 bits per heavy atom. The van der Waals surface area contributed by atoms with Gasteiger partial charge in [-0.2, -0.15) is 10.2 Å². The summed E-state index contributed by atoms with van der Waals surface area (Å²) in [4.78, 5) is 4.62. The minimum atomic E-state index is 0.623. The van der Waals surface area contributed by atoms with Crippen LogP contribution in [0.2, 0.25) is 0 Å². The van der Waals surface area contributed by atoms with Gasteiger partial charge in [0.15, 0.2) is 5.82 Å². The Kier molecular flexibility index (Phi) is 4.00. The zero-order valence-corrected chi connectivity index (χ0v) is 13.7. The number of nitrogens with zero attached hydrogens (tertiary/aromatic N) is 3. The quantitative estimate of drug-likeness (QED) is 0.587. The summed E-state index contributed by atoms with van der Waals surface area (Å²) < 4.78 is 5.30. The lowest BCUT2D eigenvalue weighted by molar-refractivity contribution is 0.415. The molecule has 2 N–H and O–H groups in total. The molecule has 2 aromatic heterocycles. The molecule has 0 spiro atoms. The lowest BCUT2D eigenvalue weighted by Crippen LogP contribution is -1.90. The molecule has 25 heavy (non-hydrogen) atoms. The van der Waals surface area contributed by atoms with E-state index in [9.17, 15) is 0 Å². The third-order valence-corrected chi connectivity index (χ3v) is 3.98. The second kappa shape index (κ2) is 6.60. The molecule has 2 aromatic carbocycles. The van der Waals surface area contributed by atoms with Crippen LogP contribution in [0.4, 0.5) is 0 Å². The first-order valence-electron chi connectivity index (χ1n) is 7.97. The largest absolute Gasteiger partial charge is 0.497 e. The molecule has 124 valence electrons. The lowest BCUT2D eigenvalue weighted by Gasteiger charge is -2.03. The van der Waals surface area contributed by atoms with E-state index in [4.69, 9.17) is 4.74 Å². The van der Waals surface area contributed by atoms with E-state index in [0.717, 1.165) is 28.4 Å². The molecule has 0 atom stereocenters. The molecule has 0 unspecified atom stereocenters. The van der Waals surface area contributed by atoms with E-state index in [1.54, 1.807) is 13.3 Å². The number of H-pyrrole nitrogens is 2. The van der Waals surface area contributed by atoms with E-state index in [1.807, 2.05) is 42.5 Å². The van der Waals surface area contributed by atoms with E-state index in [2.05, 4.69) is 37.5 Å². The number of aromatic amines is 2. The van der Waals surface area contributed by atoms with Crippen LogP contribution >= 0.6 is 0 Å². The van der Waals surface area contributed by atoms with Crippen LogP contribution in [0.1, 0.15) is 11.4 Å². The summed E-state index contributed by atoms with van der Waals surface area (Å²) in [6, 6.07) is 18.0. The van der Waals surface area contributed by atoms with Crippen molar-refractivity contribution in [2.24, 2.45) is 0 Å². The second-order valence-electron chi connectivity index (χ2n) is 5.66. The molecule has 2 heterocycles. The monoisotopic (exact) mass is 331 g/mol. The zero-order chi connectivity index (χ0) is 17.1. The Morgan fingerprint density at radius 1 is 1.00 bits per heavy atom. The molecule has 4 aromatic rings. The summed E-state index contributed by atoms with van der Waals surface area (Å²) in [5.41, 5.74) is 3.87. The number of aromatic nitrogens is 5. The van der Waals surface area contributed by atoms with E-state index < -0.39 is 0 Å². The van der Waals surface area contributed by atoms with Crippen LogP contribution in [-0.2, 0) is 6.42 Å². The Morgan fingerprint density at radius 2 is 1.88 bits per heavy atom. The maximum Gasteiger partial charge on any atom is 0.184 e. The third kappa shape index (κ3) is 3.14. The van der Waals surface area contributed by atoms with Crippen molar-refractivity contribution in [3.05, 3.63) is 72.2 Å². The molecule has 0 aliphatic heterocycles. The molecule has 4 rings (SSSR count). The molecule has 0 fully saturated rings. The minimum Gasteiger partial charge on any atom is -0.497 e. The van der Waals surface area contributed by atoms with E-state index >= 15 is 0 Å². The van der Waals surface area contributed by atoms with Gasteiger partial charge in [-0.15, -0.1) is 0 Å². The van der Waals surface area contributed by atoms with Gasteiger partial charge in [-0.1, -0.05) is 42.5 Å². The van der Waals surface area contributed by atoms with Gasteiger partial charge >= 0.3 is 0 Å². The molecule has 0 aliphatic carbocycles. The Balaban J connectivity index is 1.64. The van der Waals surface area contributed by atoms with Gasteiger partial charge in [0.05, 0.1) is 24.6 Å². The van der Waals surface area contributed by atoms with Crippen molar-refractivity contribution >= 4 is 0 Å². The van der Waals surface area contributed by atoms with Gasteiger partial charge in [-0.3, -0.25) is 10.2 Å². The van der Waals surface area contributed by atoms with E-state index in [-0.39, 0.29) is 0 Å². The number of hydrogen-bond acceptors (Lipinski definition) is 4. The number of ether oxygens (including phenoxy) is 1. The van der Waals surface area contributed by atoms with Crippen LogP contribution in [-0.4, -0.2) is 32.5 Å². The van der Waals surface area contributed by atoms with Crippen LogP contribution < -0.4 is 4.74 Å². The summed E-state index contributed by atoms with van der Waals surface area (Å²) in [7, 11) is 1.65. The van der Waals surface area contributed by atoms with E-state index in [1.165, 1.54) is 5.56 Å². The van der Waals surface area contributed by atoms with Crippen LogP contribution in [0.25, 0.3) is 22.6 Å². The lowest BCUT2D eigenvalue weighted by atomic mass is 10.1. The Bertz CT molecular complexity index is 974. The molecular weight excluding hydrogens is 314 g/mol. The van der Waals surface area contributed by atoms with Crippen LogP contribution in [0.15, 0.2) is 60.8 Å². The summed E-state index contributed by atoms with van der Waals surface area (Å²) in [6.45, 7) is 0. The maximum absolute atomic E-state index is 5.30. The van der Waals surface area contributed by atoms with Crippen molar-refractivity contribution in [1.82, 2.24) is 25.4 Å². The average Bonchev–Trinajstić information content (AvgIpc) is 3.32. The highest BCUT2D eigenvalue weighted by molar-refractivity contribution is 5.77. The molecule has 0 saturated heterocycles. The highest BCUT2D eigenvalue weighted by Gasteiger charge is 2.15. The normalized spacial score (nSPS) is 10.8. The molecule has 0 bridgehead atoms. The number of hydrogen-bond donors (Lipinski definition) is 2. The first-order valence-corrected chi connectivity index (χ1v) is 7.97. The number of nitrogens with one attached hydrogen (secondary N) is 2. The average molecular weight is 331 g/mol. The molecule has 0 amide bonds. The van der Waals surface area contributed by atoms with Gasteiger partial charge in [-0.05, 0) is 17.7 Å². The Labute approximate surface area is 144 Å². The fourth-order valence-electron chi connectivity index (χ4n) is 2.74. The van der Waals surface area contributed by atoms with Gasteiger partial charge in [0.2, 0.25) is 0 Å². The van der Waals surface area contributed by atoms with Crippen LogP contribution in [0.3, 0.4) is 0 Å². The van der Waals surface area contributed by atoms with Gasteiger partial charge in [-0.25, -0.2) is 4.98 Å². The predicted octanol–water partition coefficient (Wildman–Crippen LogP) is 3.46. The number of methoxy groups -OCH3 is 1. The molecule has 0 saturated carbocycles. The number of rotatable bonds is 5. The molecule has 0 radical (unpaired) electrons. The van der Waals surface area contributed by atoms with Gasteiger partial charge in [0.25, 0.3) is 0 Å². The summed E-state index contributed by atoms with van der Waals surface area (Å²) in [5, 5.41) is 14.6. The van der Waals surface area contributed by atoms with Crippen LogP contribution in [0, 0.1) is 0 Å². The van der Waals surface area contributed by atoms with Crippen molar-refractivity contribution in [3.8, 4) is 28.4 Å². The van der Waals surface area contributed by atoms with Crippen molar-refractivity contribution in [2.45, 2.75) is 6.42 Å². The highest BCUT2D eigenvalue weighted by atomic mass is 16.5. The molecular formula is C19H17N5O. The zero-order valence-electron chi connectivity index (χ0n) is 13.7. The second-order valence-corrected chi connectivity index (χ2v) is 5.66. The van der Waals surface area contributed by atoms with Crippen molar-refractivity contribution in [1.29, 1.82) is 0 Å². The fourth-order valence-corrected chi connectivity index (χ4v) is 2.74. The topological polar surface area (TPSA) is 79.5 Å². The SMILES string of the molecule is COc1cccc(-c2[nH]ncc2-c2n[nH]c(Cc3ccccc3)n2)c1. The van der Waals surface area contributed by atoms with Crippen molar-refractivity contribution < 1.29 is 4.74 Å². The maximum atomic E-state index is 5.30.